The number of unbranched alkanes of at least 4 members (excludes halogenated alkanes) is 46. The zero-order chi connectivity index (χ0) is 38.1. The van der Waals surface area contributed by atoms with Gasteiger partial charge in [0.25, 0.3) is 0 Å². The monoisotopic (exact) mass is 762 g/mol. The Hall–Kier alpha value is 0.350. The van der Waals surface area contributed by atoms with Gasteiger partial charge in [0, 0.05) is 5.75 Å². The van der Waals surface area contributed by atoms with Crippen LogP contribution in [0.3, 0.4) is 0 Å². The fourth-order valence-electron chi connectivity index (χ4n) is 8.33. The molecule has 0 N–H and O–H groups in total. The molecule has 0 nitrogen and oxygen atoms in total. The SMILES string of the molecule is CCCCCCCCCCCCCCCCCCCCCCCCCCC[CH]SCCCCCCCCCCCCCCCCCCCCCCCC. The molecule has 1 heteroatoms. The molecule has 1 radical (unpaired) electrons. The minimum Gasteiger partial charge on any atom is -0.157 e. The van der Waals surface area contributed by atoms with Gasteiger partial charge in [-0.1, -0.05) is 309 Å². The van der Waals surface area contributed by atoms with Crippen LogP contribution in [-0.4, -0.2) is 5.75 Å². The van der Waals surface area contributed by atoms with E-state index >= 15 is 0 Å². The molecular formula is C52H105S. The lowest BCUT2D eigenvalue weighted by Gasteiger charge is -2.05. The van der Waals surface area contributed by atoms with Crippen molar-refractivity contribution in [3.63, 3.8) is 0 Å². The van der Waals surface area contributed by atoms with Crippen LogP contribution in [0, 0.1) is 5.75 Å². The molecule has 0 amide bonds. The minimum atomic E-state index is 1.34. The van der Waals surface area contributed by atoms with Gasteiger partial charge in [0.15, 0.2) is 0 Å². The smallest absolute Gasteiger partial charge is 0.0166 e. The Kier molecular flexibility index (Phi) is 52.7. The molecule has 0 unspecified atom stereocenters. The van der Waals surface area contributed by atoms with Crippen LogP contribution < -0.4 is 0 Å². The predicted molar refractivity (Wildman–Crippen MR) is 250 cm³/mol. The van der Waals surface area contributed by atoms with Crippen LogP contribution in [0.5, 0.6) is 0 Å². The summed E-state index contributed by atoms with van der Waals surface area (Å²) in [5, 5.41) is 0. The van der Waals surface area contributed by atoms with Gasteiger partial charge in [-0.15, -0.1) is 0 Å². The van der Waals surface area contributed by atoms with E-state index in [4.69, 9.17) is 0 Å². The molecule has 0 atom stereocenters. The highest BCUT2D eigenvalue weighted by Gasteiger charge is 1.99. The zero-order valence-corrected chi connectivity index (χ0v) is 38.5. The van der Waals surface area contributed by atoms with Crippen molar-refractivity contribution in [1.29, 1.82) is 0 Å². The molecule has 319 valence electrons. The second kappa shape index (κ2) is 52.3. The topological polar surface area (TPSA) is 0 Å². The van der Waals surface area contributed by atoms with E-state index in [0.717, 1.165) is 0 Å². The molecule has 0 rings (SSSR count). The molecule has 0 saturated heterocycles. The van der Waals surface area contributed by atoms with E-state index in [9.17, 15) is 0 Å². The summed E-state index contributed by atoms with van der Waals surface area (Å²) < 4.78 is 0. The summed E-state index contributed by atoms with van der Waals surface area (Å²) in [5.41, 5.74) is 0. The Morgan fingerprint density at radius 2 is 0.377 bits per heavy atom. The quantitative estimate of drug-likeness (QED) is 0.0556. The Bertz CT molecular complexity index is 536. The maximum absolute atomic E-state index is 2.52. The Morgan fingerprint density at radius 1 is 0.208 bits per heavy atom. The Balaban J connectivity index is 3.05. The maximum atomic E-state index is 2.52. The van der Waals surface area contributed by atoms with Crippen molar-refractivity contribution in [2.45, 2.75) is 322 Å². The van der Waals surface area contributed by atoms with Crippen LogP contribution >= 0.6 is 11.8 Å². The average Bonchev–Trinajstić information content (AvgIpc) is 3.17. The molecule has 0 aliphatic rings. The van der Waals surface area contributed by atoms with Gasteiger partial charge in [-0.05, 0) is 18.6 Å². The van der Waals surface area contributed by atoms with Gasteiger partial charge in [-0.25, -0.2) is 0 Å². The van der Waals surface area contributed by atoms with Crippen molar-refractivity contribution in [2.24, 2.45) is 0 Å². The van der Waals surface area contributed by atoms with Gasteiger partial charge in [0.1, 0.15) is 0 Å². The van der Waals surface area contributed by atoms with Crippen molar-refractivity contribution in [3.8, 4) is 0 Å². The largest absolute Gasteiger partial charge is 0.157 e. The van der Waals surface area contributed by atoms with Gasteiger partial charge in [-0.3, -0.25) is 0 Å². The zero-order valence-electron chi connectivity index (χ0n) is 37.6. The number of thioether (sulfide) groups is 1. The summed E-state index contributed by atoms with van der Waals surface area (Å²) in [4.78, 5) is 0. The van der Waals surface area contributed by atoms with Crippen LogP contribution in [0.15, 0.2) is 0 Å². The molecule has 0 aromatic heterocycles. The predicted octanol–water partition coefficient (Wildman–Crippen LogP) is 20.6. The average molecular weight is 762 g/mol. The Morgan fingerprint density at radius 3 is 0.585 bits per heavy atom. The summed E-state index contributed by atoms with van der Waals surface area (Å²) in [7, 11) is 0. The lowest BCUT2D eigenvalue weighted by molar-refractivity contribution is 0.516. The van der Waals surface area contributed by atoms with Crippen molar-refractivity contribution in [1.82, 2.24) is 0 Å². The molecule has 0 aromatic carbocycles. The number of hydrogen-bond acceptors (Lipinski definition) is 1. The number of rotatable bonds is 50. The van der Waals surface area contributed by atoms with Gasteiger partial charge in [-0.2, -0.15) is 11.8 Å². The van der Waals surface area contributed by atoms with Crippen molar-refractivity contribution >= 4 is 11.8 Å². The number of hydrogen-bond donors (Lipinski definition) is 0. The normalized spacial score (nSPS) is 11.7. The van der Waals surface area contributed by atoms with Gasteiger partial charge < -0.3 is 0 Å². The highest BCUT2D eigenvalue weighted by atomic mass is 32.2. The van der Waals surface area contributed by atoms with E-state index in [1.54, 1.807) is 0 Å². The van der Waals surface area contributed by atoms with Crippen LogP contribution in [-0.2, 0) is 0 Å². The fourth-order valence-corrected chi connectivity index (χ4v) is 9.20. The summed E-state index contributed by atoms with van der Waals surface area (Å²) in [6.45, 7) is 4.62. The van der Waals surface area contributed by atoms with Gasteiger partial charge in [0.05, 0.1) is 0 Å². The van der Waals surface area contributed by atoms with Crippen LogP contribution in [0.2, 0.25) is 0 Å². The van der Waals surface area contributed by atoms with Gasteiger partial charge >= 0.3 is 0 Å². The molecule has 0 fully saturated rings. The highest BCUT2D eigenvalue weighted by Crippen LogP contribution is 2.20. The first kappa shape index (κ1) is 53.4. The summed E-state index contributed by atoms with van der Waals surface area (Å²) in [6.07, 6.45) is 70.7. The van der Waals surface area contributed by atoms with Gasteiger partial charge in [0.2, 0.25) is 0 Å². The molecule has 0 aromatic rings. The first-order chi connectivity index (χ1) is 26.4. The first-order valence-corrected chi connectivity index (χ1v) is 26.9. The van der Waals surface area contributed by atoms with Crippen LogP contribution in [0.4, 0.5) is 0 Å². The van der Waals surface area contributed by atoms with E-state index in [1.165, 1.54) is 314 Å². The molecule has 53 heavy (non-hydrogen) atoms. The maximum Gasteiger partial charge on any atom is 0.0166 e. The molecule has 0 aliphatic carbocycles. The van der Waals surface area contributed by atoms with E-state index in [0.29, 0.717) is 0 Å². The van der Waals surface area contributed by atoms with E-state index in [1.807, 2.05) is 0 Å². The lowest BCUT2D eigenvalue weighted by atomic mass is 10.0. The lowest BCUT2D eigenvalue weighted by Crippen LogP contribution is -1.85. The van der Waals surface area contributed by atoms with E-state index in [-0.39, 0.29) is 0 Å². The van der Waals surface area contributed by atoms with Crippen molar-refractivity contribution in [3.05, 3.63) is 5.75 Å². The minimum absolute atomic E-state index is 1.34. The third-order valence-electron chi connectivity index (χ3n) is 12.2. The molecule has 0 bridgehead atoms. The third-order valence-corrected chi connectivity index (χ3v) is 13.2. The Labute approximate surface area is 343 Å². The van der Waals surface area contributed by atoms with E-state index in [2.05, 4.69) is 31.4 Å². The van der Waals surface area contributed by atoms with Crippen molar-refractivity contribution < 1.29 is 0 Å². The standard InChI is InChI=1S/C52H105S/c1-3-5-7-9-11-13-15-17-19-21-23-25-27-28-29-30-32-34-36-38-40-42-44-46-48-50-52-53-51-49-47-45-43-41-39-37-35-33-31-26-24-22-20-18-16-14-12-10-8-6-4-2/h52H,3-51H2,1-2H3. The van der Waals surface area contributed by atoms with E-state index < -0.39 is 0 Å². The van der Waals surface area contributed by atoms with Crippen LogP contribution in [0.25, 0.3) is 0 Å². The van der Waals surface area contributed by atoms with Crippen LogP contribution in [0.1, 0.15) is 322 Å². The third kappa shape index (κ3) is 52.4. The summed E-state index contributed by atoms with van der Waals surface area (Å²) in [6, 6.07) is 0. The molecule has 0 spiro atoms. The first-order valence-electron chi connectivity index (χ1n) is 25.8. The second-order valence-electron chi connectivity index (χ2n) is 17.7. The molecule has 0 heterocycles. The summed E-state index contributed by atoms with van der Waals surface area (Å²) >= 11 is 2.11. The van der Waals surface area contributed by atoms with Crippen molar-refractivity contribution in [2.75, 3.05) is 5.75 Å². The molecule has 0 saturated carbocycles. The summed E-state index contributed by atoms with van der Waals surface area (Å²) in [5.74, 6) is 3.88. The second-order valence-corrected chi connectivity index (χ2v) is 18.8. The molecular weight excluding hydrogens is 657 g/mol. The molecule has 0 aliphatic heterocycles. The highest BCUT2D eigenvalue weighted by molar-refractivity contribution is 8.01. The fraction of sp³-hybridized carbons (Fsp3) is 0.981.